The molecule has 11 heteroatoms. The lowest BCUT2D eigenvalue weighted by atomic mass is 10.0. The molecule has 3 heterocycles. The van der Waals surface area contributed by atoms with Gasteiger partial charge in [0.25, 0.3) is 10.0 Å². The van der Waals surface area contributed by atoms with Crippen LogP contribution < -0.4 is 5.63 Å². The van der Waals surface area contributed by atoms with E-state index in [0.29, 0.717) is 29.8 Å². The summed E-state index contributed by atoms with van der Waals surface area (Å²) in [6, 6.07) is 6.68. The van der Waals surface area contributed by atoms with Gasteiger partial charge in [-0.05, 0) is 31.2 Å². The molecule has 32 heavy (non-hydrogen) atoms. The minimum Gasteiger partial charge on any atom is -0.507 e. The number of hydrogen-bond donors (Lipinski definition) is 1. The normalized spacial score (nSPS) is 17.1. The van der Waals surface area contributed by atoms with E-state index in [9.17, 15) is 27.1 Å². The number of rotatable bonds is 4. The lowest BCUT2D eigenvalue weighted by Gasteiger charge is -2.19. The highest BCUT2D eigenvalue weighted by Gasteiger charge is 2.30. The first-order chi connectivity index (χ1) is 15.2. The molecule has 0 spiro atoms. The predicted molar refractivity (Wildman–Crippen MR) is 116 cm³/mol. The van der Waals surface area contributed by atoms with Gasteiger partial charge in [0.15, 0.2) is 0 Å². The topological polar surface area (TPSA) is 102 Å². The maximum Gasteiger partial charge on any atom is 0.348 e. The van der Waals surface area contributed by atoms with Crippen LogP contribution in [0, 0.1) is 18.6 Å². The highest BCUT2D eigenvalue weighted by Crippen LogP contribution is 2.37. The van der Waals surface area contributed by atoms with E-state index < -0.39 is 37.4 Å². The average molecular weight is 481 g/mol. The third kappa shape index (κ3) is 4.09. The molecule has 0 radical (unpaired) electrons. The first-order valence-electron chi connectivity index (χ1n) is 9.55. The number of aryl methyl sites for hydroxylation is 1. The highest BCUT2D eigenvalue weighted by molar-refractivity contribution is 7.99. The van der Waals surface area contributed by atoms with Crippen LogP contribution in [0.2, 0.25) is 0 Å². The number of hydrogen-bond acceptors (Lipinski definition) is 7. The molecular formula is C21H18F2N2O5S2. The van der Waals surface area contributed by atoms with Crippen molar-refractivity contribution >= 4 is 27.5 Å². The lowest BCUT2D eigenvalue weighted by Crippen LogP contribution is -2.20. The number of aliphatic imine (C=N–C) groups is 1. The molecule has 1 N–H and O–H groups in total. The molecule has 0 saturated heterocycles. The summed E-state index contributed by atoms with van der Waals surface area (Å²) in [6.07, 6.45) is 1.42. The van der Waals surface area contributed by atoms with E-state index in [1.54, 1.807) is 6.07 Å². The molecule has 3 aromatic rings. The molecule has 2 aromatic heterocycles. The third-order valence-corrected chi connectivity index (χ3v) is 7.90. The molecule has 0 amide bonds. The molecule has 1 unspecified atom stereocenters. The summed E-state index contributed by atoms with van der Waals surface area (Å²) in [6.45, 7) is 1.88. The molecule has 1 aliphatic rings. The molecule has 0 bridgehead atoms. The van der Waals surface area contributed by atoms with E-state index in [1.165, 1.54) is 37.0 Å². The van der Waals surface area contributed by atoms with Gasteiger partial charge in [0.05, 0.1) is 11.0 Å². The summed E-state index contributed by atoms with van der Waals surface area (Å²) >= 11 is 1.42. The summed E-state index contributed by atoms with van der Waals surface area (Å²) in [4.78, 5) is 16.1. The van der Waals surface area contributed by atoms with Crippen LogP contribution in [0.5, 0.6) is 5.75 Å². The molecule has 0 aliphatic carbocycles. The van der Waals surface area contributed by atoms with E-state index in [4.69, 9.17) is 4.42 Å². The Bertz CT molecular complexity index is 1380. The van der Waals surface area contributed by atoms with Crippen molar-refractivity contribution in [3.05, 3.63) is 81.7 Å². The Kier molecular flexibility index (Phi) is 5.95. The standard InChI is InChI=1S/C21H18F2N2O5S2/c1-12-9-17(26)20(21(27)30-12)15-11-18(31-8-6-24-15)16-3-2-7-25(16)32(28,29)19-5-4-13(22)10-14(19)23/h2-5,7,9-10,18,26H,6,8,11H2,1H3. The Labute approximate surface area is 186 Å². The van der Waals surface area contributed by atoms with Crippen molar-refractivity contribution in [3.8, 4) is 5.75 Å². The lowest BCUT2D eigenvalue weighted by molar-refractivity contribution is 0.432. The van der Waals surface area contributed by atoms with Crippen LogP contribution in [0.25, 0.3) is 0 Å². The van der Waals surface area contributed by atoms with E-state index in [-0.39, 0.29) is 23.5 Å². The minimum atomic E-state index is -4.35. The second-order valence-corrected chi connectivity index (χ2v) is 10.2. The first-order valence-corrected chi connectivity index (χ1v) is 12.0. The van der Waals surface area contributed by atoms with Gasteiger partial charge in [0, 0.05) is 42.7 Å². The van der Waals surface area contributed by atoms with Crippen LogP contribution in [-0.4, -0.2) is 35.5 Å². The maximum atomic E-state index is 14.3. The average Bonchev–Trinajstić information content (AvgIpc) is 3.08. The molecule has 168 valence electrons. The quantitative estimate of drug-likeness (QED) is 0.612. The van der Waals surface area contributed by atoms with Crippen LogP contribution in [-0.2, 0) is 10.0 Å². The van der Waals surface area contributed by atoms with Crippen LogP contribution in [0.4, 0.5) is 8.78 Å². The van der Waals surface area contributed by atoms with E-state index in [0.717, 1.165) is 16.1 Å². The Hall–Kier alpha value is -2.92. The van der Waals surface area contributed by atoms with Crippen molar-refractivity contribution in [2.45, 2.75) is 23.5 Å². The fraction of sp³-hybridized carbons (Fsp3) is 0.238. The van der Waals surface area contributed by atoms with Crippen molar-refractivity contribution in [3.63, 3.8) is 0 Å². The van der Waals surface area contributed by atoms with Crippen LogP contribution in [0.3, 0.4) is 0 Å². The summed E-state index contributed by atoms with van der Waals surface area (Å²) < 4.78 is 59.8. The Balaban J connectivity index is 1.74. The smallest absolute Gasteiger partial charge is 0.348 e. The molecule has 0 fully saturated rings. The van der Waals surface area contributed by atoms with Crippen molar-refractivity contribution in [2.24, 2.45) is 4.99 Å². The van der Waals surface area contributed by atoms with Gasteiger partial charge in [-0.2, -0.15) is 0 Å². The molecule has 1 atom stereocenters. The molecular weight excluding hydrogens is 462 g/mol. The van der Waals surface area contributed by atoms with E-state index in [2.05, 4.69) is 4.99 Å². The zero-order chi connectivity index (χ0) is 23.0. The Morgan fingerprint density at radius 2 is 2.03 bits per heavy atom. The summed E-state index contributed by atoms with van der Waals surface area (Å²) in [5.41, 5.74) is -0.161. The van der Waals surface area contributed by atoms with Crippen molar-refractivity contribution < 1.29 is 26.7 Å². The second kappa shape index (κ2) is 8.55. The largest absolute Gasteiger partial charge is 0.507 e. The van der Waals surface area contributed by atoms with Gasteiger partial charge in [0.1, 0.15) is 33.6 Å². The molecule has 7 nitrogen and oxygen atoms in total. The summed E-state index contributed by atoms with van der Waals surface area (Å²) in [5.74, 6) is -1.56. The van der Waals surface area contributed by atoms with Gasteiger partial charge < -0.3 is 9.52 Å². The van der Waals surface area contributed by atoms with Crippen molar-refractivity contribution in [1.82, 2.24) is 3.97 Å². The SMILES string of the molecule is Cc1cc(O)c(C2=NCCSC(c3cccn3S(=O)(=O)c3ccc(F)cc3F)C2)c(=O)o1. The number of nitrogens with zero attached hydrogens (tertiary/aromatic N) is 2. The van der Waals surface area contributed by atoms with Gasteiger partial charge in [-0.1, -0.05) is 0 Å². The molecule has 4 rings (SSSR count). The van der Waals surface area contributed by atoms with Gasteiger partial charge in [-0.25, -0.2) is 26.0 Å². The van der Waals surface area contributed by atoms with E-state index in [1.807, 2.05) is 0 Å². The zero-order valence-electron chi connectivity index (χ0n) is 16.8. The summed E-state index contributed by atoms with van der Waals surface area (Å²) in [5, 5.41) is 9.83. The third-order valence-electron chi connectivity index (χ3n) is 4.94. The summed E-state index contributed by atoms with van der Waals surface area (Å²) in [7, 11) is -4.35. The van der Waals surface area contributed by atoms with Gasteiger partial charge in [-0.3, -0.25) is 4.99 Å². The predicted octanol–water partition coefficient (Wildman–Crippen LogP) is 3.64. The van der Waals surface area contributed by atoms with Gasteiger partial charge in [-0.15, -0.1) is 11.8 Å². The fourth-order valence-electron chi connectivity index (χ4n) is 3.55. The second-order valence-electron chi connectivity index (χ2n) is 7.11. The van der Waals surface area contributed by atoms with Crippen molar-refractivity contribution in [1.29, 1.82) is 0 Å². The zero-order valence-corrected chi connectivity index (χ0v) is 18.4. The molecule has 1 aromatic carbocycles. The van der Waals surface area contributed by atoms with Crippen molar-refractivity contribution in [2.75, 3.05) is 12.3 Å². The highest BCUT2D eigenvalue weighted by atomic mass is 32.2. The van der Waals surface area contributed by atoms with Gasteiger partial charge in [0.2, 0.25) is 0 Å². The first kappa shape index (κ1) is 22.3. The fourth-order valence-corrected chi connectivity index (χ4v) is 6.19. The maximum absolute atomic E-state index is 14.3. The minimum absolute atomic E-state index is 0.0614. The number of aromatic hydroxyl groups is 1. The number of halogens is 2. The number of aromatic nitrogens is 1. The van der Waals surface area contributed by atoms with Crippen LogP contribution in [0.1, 0.15) is 28.7 Å². The molecule has 0 saturated carbocycles. The Morgan fingerprint density at radius 3 is 2.75 bits per heavy atom. The monoisotopic (exact) mass is 480 g/mol. The Morgan fingerprint density at radius 1 is 1.25 bits per heavy atom. The van der Waals surface area contributed by atoms with E-state index >= 15 is 0 Å². The number of thioether (sulfide) groups is 1. The molecule has 1 aliphatic heterocycles. The van der Waals surface area contributed by atoms with Gasteiger partial charge >= 0.3 is 5.63 Å². The number of benzene rings is 1. The van der Waals surface area contributed by atoms with Crippen LogP contribution >= 0.6 is 11.8 Å². The van der Waals surface area contributed by atoms with Crippen LogP contribution in [0.15, 0.2) is 61.7 Å².